The molecule has 0 bridgehead atoms. The molecule has 0 aromatic heterocycles. The number of hydrogen-bond acceptors (Lipinski definition) is 1. The van der Waals surface area contributed by atoms with Gasteiger partial charge in [0.15, 0.2) is 16.2 Å². The molecule has 0 amide bonds. The zero-order valence-electron chi connectivity index (χ0n) is 12.9. The van der Waals surface area contributed by atoms with Gasteiger partial charge in [0.2, 0.25) is 0 Å². The fraction of sp³-hybridized carbons (Fsp3) is 0.571. The fourth-order valence-electron chi connectivity index (χ4n) is 2.65. The van der Waals surface area contributed by atoms with Crippen LogP contribution in [0.4, 0.5) is 0 Å². The highest BCUT2D eigenvalue weighted by atomic mass is 29.2. The second-order valence-electron chi connectivity index (χ2n) is 6.47. The lowest BCUT2D eigenvalue weighted by Crippen LogP contribution is -2.66. The van der Waals surface area contributed by atoms with Crippen molar-refractivity contribution in [2.45, 2.75) is 52.1 Å². The Morgan fingerprint density at radius 2 is 1.50 bits per heavy atom. The van der Waals surface area contributed by atoms with Gasteiger partial charge in [-0.1, -0.05) is 57.3 Å². The smallest absolute Gasteiger partial charge is 0.197 e. The quantitative estimate of drug-likeness (QED) is 0.748. The largest absolute Gasteiger partial charge is 0.454 e. The third-order valence-electron chi connectivity index (χ3n) is 3.23. The summed E-state index contributed by atoms with van der Waals surface area (Å²) in [5.41, 5.74) is 0.649. The van der Waals surface area contributed by atoms with Gasteiger partial charge in [0.25, 0.3) is 0 Å². The van der Waals surface area contributed by atoms with E-state index in [9.17, 15) is 0 Å². The van der Waals surface area contributed by atoms with Gasteiger partial charge in [-0.2, -0.15) is 0 Å². The van der Waals surface area contributed by atoms with Crippen molar-refractivity contribution in [1.82, 2.24) is 0 Å². The van der Waals surface area contributed by atoms with Gasteiger partial charge in [-0.25, -0.2) is 0 Å². The third kappa shape index (κ3) is 3.44. The highest BCUT2D eigenvalue weighted by Gasteiger charge is 2.46. The summed E-state index contributed by atoms with van der Waals surface area (Å²) < 4.78 is 6.86. The summed E-state index contributed by atoms with van der Waals surface area (Å²) in [5, 5.41) is 1.50. The van der Waals surface area contributed by atoms with Gasteiger partial charge in [0, 0.05) is 0 Å². The molecule has 0 aliphatic carbocycles. The molecule has 1 nitrogen and oxygen atoms in total. The van der Waals surface area contributed by atoms with Crippen LogP contribution in [-0.2, 0) is 4.12 Å². The predicted octanol–water partition coefficient (Wildman–Crippen LogP) is 3.93. The van der Waals surface area contributed by atoms with Crippen LogP contribution in [0.5, 0.6) is 0 Å². The molecule has 1 aromatic rings. The standard InChI is InChI=1S/C14H27OSi3/c1-13(2)18(16(3)4,15-17(5,6)7)14-11-9-8-10-12-14/h8-13H,1-7H3. The Morgan fingerprint density at radius 1 is 1.00 bits per heavy atom. The van der Waals surface area contributed by atoms with Crippen molar-refractivity contribution in [3.8, 4) is 0 Å². The molecular weight excluding hydrogens is 268 g/mol. The molecule has 0 saturated heterocycles. The van der Waals surface area contributed by atoms with Crippen LogP contribution in [0, 0.1) is 0 Å². The minimum absolute atomic E-state index is 0.466. The first-order valence-electron chi connectivity index (χ1n) is 6.76. The van der Waals surface area contributed by atoms with E-state index in [0.29, 0.717) is 5.54 Å². The Labute approximate surface area is 116 Å². The van der Waals surface area contributed by atoms with E-state index >= 15 is 0 Å². The summed E-state index contributed by atoms with van der Waals surface area (Å²) in [6.45, 7) is 16.6. The first-order chi connectivity index (χ1) is 8.20. The summed E-state index contributed by atoms with van der Waals surface area (Å²) in [6.07, 6.45) is 0. The normalized spacial score (nSPS) is 16.1. The summed E-state index contributed by atoms with van der Waals surface area (Å²) in [4.78, 5) is 0. The second-order valence-corrected chi connectivity index (χ2v) is 21.9. The van der Waals surface area contributed by atoms with Gasteiger partial charge in [0.05, 0.1) is 8.31 Å². The number of benzene rings is 1. The molecular formula is C14H27OSi3. The maximum absolute atomic E-state index is 6.86. The Hall–Kier alpha value is -0.169. The SMILES string of the molecule is CC(C)[Si](O[Si](C)(C)C)(c1ccccc1)[Si](C)C. The fourth-order valence-corrected chi connectivity index (χ4v) is 22.1. The van der Waals surface area contributed by atoms with Crippen molar-refractivity contribution >= 4 is 29.7 Å². The van der Waals surface area contributed by atoms with E-state index in [1.54, 1.807) is 0 Å². The van der Waals surface area contributed by atoms with E-state index in [1.165, 1.54) is 5.19 Å². The van der Waals surface area contributed by atoms with Crippen LogP contribution in [0.2, 0.25) is 38.3 Å². The highest BCUT2D eigenvalue weighted by Crippen LogP contribution is 2.28. The molecule has 1 atom stereocenters. The molecule has 1 aromatic carbocycles. The van der Waals surface area contributed by atoms with Crippen LogP contribution < -0.4 is 5.19 Å². The molecule has 18 heavy (non-hydrogen) atoms. The van der Waals surface area contributed by atoms with Crippen molar-refractivity contribution in [2.75, 3.05) is 0 Å². The molecule has 1 unspecified atom stereocenters. The van der Waals surface area contributed by atoms with Crippen molar-refractivity contribution in [2.24, 2.45) is 0 Å². The van der Waals surface area contributed by atoms with Gasteiger partial charge >= 0.3 is 0 Å². The molecule has 0 aliphatic heterocycles. The summed E-state index contributed by atoms with van der Waals surface area (Å²) in [7, 11) is -3.78. The maximum atomic E-state index is 6.86. The first kappa shape index (κ1) is 15.9. The van der Waals surface area contributed by atoms with Crippen LogP contribution >= 0.6 is 0 Å². The van der Waals surface area contributed by atoms with E-state index in [0.717, 1.165) is 0 Å². The monoisotopic (exact) mass is 295 g/mol. The Bertz CT molecular complexity index is 360. The predicted molar refractivity (Wildman–Crippen MR) is 88.8 cm³/mol. The zero-order chi connectivity index (χ0) is 14.0. The lowest BCUT2D eigenvalue weighted by atomic mass is 10.4. The second kappa shape index (κ2) is 5.86. The summed E-state index contributed by atoms with van der Waals surface area (Å²) >= 11 is 0. The molecule has 1 radical (unpaired) electrons. The summed E-state index contributed by atoms with van der Waals surface area (Å²) in [5.74, 6) is 0. The van der Waals surface area contributed by atoms with Crippen LogP contribution in [0.3, 0.4) is 0 Å². The lowest BCUT2D eigenvalue weighted by Gasteiger charge is -2.43. The van der Waals surface area contributed by atoms with Crippen LogP contribution in [0.15, 0.2) is 30.3 Å². The number of hydrogen-bond donors (Lipinski definition) is 0. The van der Waals surface area contributed by atoms with E-state index in [-0.39, 0.29) is 0 Å². The molecule has 101 valence electrons. The molecule has 4 heteroatoms. The molecule has 0 fully saturated rings. The zero-order valence-corrected chi connectivity index (χ0v) is 15.9. The molecule has 0 heterocycles. The van der Waals surface area contributed by atoms with Gasteiger partial charge < -0.3 is 4.12 Å². The number of rotatable bonds is 5. The van der Waals surface area contributed by atoms with Crippen LogP contribution in [0.25, 0.3) is 0 Å². The van der Waals surface area contributed by atoms with Crippen LogP contribution in [-0.4, -0.2) is 24.5 Å². The van der Waals surface area contributed by atoms with Crippen molar-refractivity contribution in [3.05, 3.63) is 30.3 Å². The molecule has 0 spiro atoms. The van der Waals surface area contributed by atoms with E-state index < -0.39 is 24.5 Å². The maximum Gasteiger partial charge on any atom is 0.197 e. The van der Waals surface area contributed by atoms with Gasteiger partial charge in [-0.3, -0.25) is 0 Å². The molecule has 1 rings (SSSR count). The minimum Gasteiger partial charge on any atom is -0.454 e. The van der Waals surface area contributed by atoms with Crippen molar-refractivity contribution in [1.29, 1.82) is 0 Å². The van der Waals surface area contributed by atoms with Gasteiger partial charge in [-0.15, -0.1) is 0 Å². The molecule has 0 saturated carbocycles. The topological polar surface area (TPSA) is 9.23 Å². The Kier molecular flexibility index (Phi) is 5.17. The third-order valence-corrected chi connectivity index (χ3v) is 19.2. The van der Waals surface area contributed by atoms with E-state index in [1.807, 2.05) is 0 Å². The van der Waals surface area contributed by atoms with Crippen molar-refractivity contribution in [3.63, 3.8) is 0 Å². The van der Waals surface area contributed by atoms with Gasteiger partial charge in [0.1, 0.15) is 0 Å². The first-order valence-corrected chi connectivity index (χ1v) is 15.7. The summed E-state index contributed by atoms with van der Waals surface area (Å²) in [6, 6.07) is 11.0. The van der Waals surface area contributed by atoms with E-state index in [2.05, 4.69) is 76.9 Å². The Morgan fingerprint density at radius 3 is 1.83 bits per heavy atom. The average Bonchev–Trinajstić information content (AvgIpc) is 2.25. The minimum atomic E-state index is -1.80. The molecule has 0 N–H and O–H groups in total. The highest BCUT2D eigenvalue weighted by molar-refractivity contribution is 7.37. The van der Waals surface area contributed by atoms with Crippen molar-refractivity contribution < 1.29 is 4.12 Å². The van der Waals surface area contributed by atoms with E-state index in [4.69, 9.17) is 4.12 Å². The lowest BCUT2D eigenvalue weighted by molar-refractivity contribution is 0.554. The average molecular weight is 296 g/mol. The Balaban J connectivity index is 3.32. The van der Waals surface area contributed by atoms with Crippen LogP contribution in [0.1, 0.15) is 13.8 Å². The molecule has 0 aliphatic rings. The van der Waals surface area contributed by atoms with Gasteiger partial charge in [-0.05, 0) is 30.4 Å².